The van der Waals surface area contributed by atoms with E-state index in [1.54, 1.807) is 4.68 Å². The Balaban J connectivity index is 2.28. The van der Waals surface area contributed by atoms with Gasteiger partial charge in [-0.15, -0.1) is 5.10 Å². The first kappa shape index (κ1) is 13.6. The third-order valence-corrected chi connectivity index (χ3v) is 2.42. The van der Waals surface area contributed by atoms with Gasteiger partial charge >= 0.3 is 5.97 Å². The van der Waals surface area contributed by atoms with Crippen LogP contribution >= 0.6 is 0 Å². The molecule has 0 amide bonds. The van der Waals surface area contributed by atoms with Crippen molar-refractivity contribution in [2.24, 2.45) is 5.92 Å². The lowest BCUT2D eigenvalue weighted by Crippen LogP contribution is -2.30. The number of hydrogen-bond acceptors (Lipinski definition) is 4. The molecule has 6 heteroatoms. The number of carbonyl (C=O) groups is 1. The summed E-state index contributed by atoms with van der Waals surface area (Å²) in [6, 6.07) is 0.456. The molecule has 0 aliphatic heterocycles. The van der Waals surface area contributed by atoms with E-state index in [-0.39, 0.29) is 5.69 Å². The minimum absolute atomic E-state index is 0.0137. The fraction of sp³-hybridized carbons (Fsp3) is 0.727. The summed E-state index contributed by atoms with van der Waals surface area (Å²) in [5.74, 6) is -0.375. The highest BCUT2D eigenvalue weighted by molar-refractivity contribution is 5.84. The molecule has 96 valence electrons. The number of nitrogens with zero attached hydrogens (tertiary/aromatic N) is 3. The molecule has 17 heavy (non-hydrogen) atoms. The van der Waals surface area contributed by atoms with Gasteiger partial charge in [0, 0.05) is 12.6 Å². The number of nitrogens with one attached hydrogen (secondary N) is 1. The lowest BCUT2D eigenvalue weighted by atomic mass is 10.1. The largest absolute Gasteiger partial charge is 0.476 e. The third kappa shape index (κ3) is 4.95. The van der Waals surface area contributed by atoms with E-state index in [1.807, 2.05) is 0 Å². The van der Waals surface area contributed by atoms with Crippen LogP contribution in [0.25, 0.3) is 0 Å². The number of aromatic carboxylic acids is 1. The summed E-state index contributed by atoms with van der Waals surface area (Å²) in [4.78, 5) is 10.6. The van der Waals surface area contributed by atoms with Crippen LogP contribution in [-0.2, 0) is 6.54 Å². The van der Waals surface area contributed by atoms with E-state index in [2.05, 4.69) is 36.4 Å². The molecule has 6 nitrogen and oxygen atoms in total. The molecule has 0 radical (unpaired) electrons. The lowest BCUT2D eigenvalue weighted by Gasteiger charge is -2.15. The van der Waals surface area contributed by atoms with E-state index in [0.717, 1.165) is 13.0 Å². The van der Waals surface area contributed by atoms with Crippen molar-refractivity contribution in [1.29, 1.82) is 0 Å². The first-order chi connectivity index (χ1) is 7.99. The number of rotatable bonds is 7. The normalized spacial score (nSPS) is 12.9. The number of hydrogen-bond donors (Lipinski definition) is 2. The Labute approximate surface area is 101 Å². The standard InChI is InChI=1S/C11H20N4O2/c1-8(2)6-9(3)12-4-5-15-7-10(11(16)17)13-14-15/h7-9,12H,4-6H2,1-3H3,(H,16,17). The Bertz CT molecular complexity index is 362. The highest BCUT2D eigenvalue weighted by Crippen LogP contribution is 2.03. The highest BCUT2D eigenvalue weighted by atomic mass is 16.4. The fourth-order valence-electron chi connectivity index (χ4n) is 1.72. The van der Waals surface area contributed by atoms with Crippen molar-refractivity contribution in [3.8, 4) is 0 Å². The monoisotopic (exact) mass is 240 g/mol. The first-order valence-electron chi connectivity index (χ1n) is 5.86. The molecule has 2 N–H and O–H groups in total. The van der Waals surface area contributed by atoms with Gasteiger partial charge in [0.15, 0.2) is 5.69 Å². The van der Waals surface area contributed by atoms with Gasteiger partial charge in [-0.2, -0.15) is 0 Å². The molecule has 1 unspecified atom stereocenters. The van der Waals surface area contributed by atoms with E-state index in [9.17, 15) is 4.79 Å². The maximum atomic E-state index is 10.6. The smallest absolute Gasteiger partial charge is 0.358 e. The van der Waals surface area contributed by atoms with Crippen molar-refractivity contribution in [2.45, 2.75) is 39.8 Å². The summed E-state index contributed by atoms with van der Waals surface area (Å²) >= 11 is 0. The third-order valence-electron chi connectivity index (χ3n) is 2.42. The summed E-state index contributed by atoms with van der Waals surface area (Å²) in [5, 5.41) is 19.3. The molecule has 0 aliphatic carbocycles. The molecule has 0 saturated carbocycles. The van der Waals surface area contributed by atoms with E-state index < -0.39 is 5.97 Å². The van der Waals surface area contributed by atoms with E-state index in [0.29, 0.717) is 18.5 Å². The molecule has 0 bridgehead atoms. The minimum atomic E-state index is -1.04. The van der Waals surface area contributed by atoms with E-state index >= 15 is 0 Å². The van der Waals surface area contributed by atoms with Crippen LogP contribution in [0.2, 0.25) is 0 Å². The van der Waals surface area contributed by atoms with E-state index in [4.69, 9.17) is 5.11 Å². The van der Waals surface area contributed by atoms with Gasteiger partial charge in [-0.3, -0.25) is 4.68 Å². The molecule has 1 aromatic rings. The van der Waals surface area contributed by atoms with Gasteiger partial charge in [0.2, 0.25) is 0 Å². The van der Waals surface area contributed by atoms with Gasteiger partial charge in [0.05, 0.1) is 12.7 Å². The average Bonchev–Trinajstić information content (AvgIpc) is 2.65. The van der Waals surface area contributed by atoms with Crippen LogP contribution in [0, 0.1) is 5.92 Å². The molecular formula is C11H20N4O2. The Morgan fingerprint density at radius 3 is 2.76 bits per heavy atom. The van der Waals surface area contributed by atoms with Crippen LogP contribution < -0.4 is 5.32 Å². The van der Waals surface area contributed by atoms with Crippen LogP contribution in [0.4, 0.5) is 0 Å². The zero-order chi connectivity index (χ0) is 12.8. The molecule has 0 aliphatic rings. The van der Waals surface area contributed by atoms with Gasteiger partial charge in [0.1, 0.15) is 0 Å². The summed E-state index contributed by atoms with van der Waals surface area (Å²) in [6.07, 6.45) is 2.56. The number of carboxylic acids is 1. The molecule has 0 spiro atoms. The van der Waals surface area contributed by atoms with Crippen molar-refractivity contribution >= 4 is 5.97 Å². The summed E-state index contributed by atoms with van der Waals surface area (Å²) < 4.78 is 1.54. The Morgan fingerprint density at radius 1 is 1.53 bits per heavy atom. The topological polar surface area (TPSA) is 80.0 Å². The van der Waals surface area contributed by atoms with Crippen molar-refractivity contribution in [2.75, 3.05) is 6.54 Å². The second-order valence-electron chi connectivity index (χ2n) is 4.66. The molecule has 1 atom stereocenters. The predicted molar refractivity (Wildman–Crippen MR) is 63.9 cm³/mol. The fourth-order valence-corrected chi connectivity index (χ4v) is 1.72. The molecule has 1 rings (SSSR count). The molecule has 0 fully saturated rings. The summed E-state index contributed by atoms with van der Waals surface area (Å²) in [6.45, 7) is 7.91. The van der Waals surface area contributed by atoms with Crippen LogP contribution in [-0.4, -0.2) is 38.7 Å². The molecule has 0 saturated heterocycles. The highest BCUT2D eigenvalue weighted by Gasteiger charge is 2.08. The van der Waals surface area contributed by atoms with Crippen molar-refractivity contribution < 1.29 is 9.90 Å². The Hall–Kier alpha value is -1.43. The minimum Gasteiger partial charge on any atom is -0.476 e. The molecular weight excluding hydrogens is 220 g/mol. The molecule has 1 aromatic heterocycles. The lowest BCUT2D eigenvalue weighted by molar-refractivity contribution is 0.0690. The first-order valence-corrected chi connectivity index (χ1v) is 5.86. The van der Waals surface area contributed by atoms with Gasteiger partial charge in [-0.1, -0.05) is 19.1 Å². The van der Waals surface area contributed by atoms with Crippen LogP contribution in [0.3, 0.4) is 0 Å². The van der Waals surface area contributed by atoms with Crippen molar-refractivity contribution in [3.05, 3.63) is 11.9 Å². The predicted octanol–water partition coefficient (Wildman–Crippen LogP) is 1.00. The second-order valence-corrected chi connectivity index (χ2v) is 4.66. The second kappa shape index (κ2) is 6.34. The molecule has 0 aromatic carbocycles. The van der Waals surface area contributed by atoms with Gasteiger partial charge in [-0.25, -0.2) is 4.79 Å². The average molecular weight is 240 g/mol. The van der Waals surface area contributed by atoms with Gasteiger partial charge in [0.25, 0.3) is 0 Å². The maximum Gasteiger partial charge on any atom is 0.358 e. The summed E-state index contributed by atoms with van der Waals surface area (Å²) in [5.41, 5.74) is -0.0137. The number of aromatic nitrogens is 3. The van der Waals surface area contributed by atoms with Crippen LogP contribution in [0.1, 0.15) is 37.7 Å². The van der Waals surface area contributed by atoms with Gasteiger partial charge < -0.3 is 10.4 Å². The Morgan fingerprint density at radius 2 is 2.24 bits per heavy atom. The summed E-state index contributed by atoms with van der Waals surface area (Å²) in [7, 11) is 0. The Kier molecular flexibility index (Phi) is 5.09. The molecule has 1 heterocycles. The number of carboxylic acid groups (broad SMARTS) is 1. The van der Waals surface area contributed by atoms with Crippen LogP contribution in [0.5, 0.6) is 0 Å². The zero-order valence-corrected chi connectivity index (χ0v) is 10.6. The maximum absolute atomic E-state index is 10.6. The SMILES string of the molecule is CC(C)CC(C)NCCn1cc(C(=O)O)nn1. The van der Waals surface area contributed by atoms with Crippen LogP contribution in [0.15, 0.2) is 6.20 Å². The van der Waals surface area contributed by atoms with Gasteiger partial charge in [-0.05, 0) is 19.3 Å². The zero-order valence-electron chi connectivity index (χ0n) is 10.6. The van der Waals surface area contributed by atoms with Crippen molar-refractivity contribution in [1.82, 2.24) is 20.3 Å². The van der Waals surface area contributed by atoms with E-state index in [1.165, 1.54) is 6.20 Å². The quantitative estimate of drug-likeness (QED) is 0.743. The van der Waals surface area contributed by atoms with Crippen molar-refractivity contribution in [3.63, 3.8) is 0 Å².